The Morgan fingerprint density at radius 1 is 1.31 bits per heavy atom. The Morgan fingerprint density at radius 3 is 2.48 bits per heavy atom. The minimum absolute atomic E-state index is 0.00191. The maximum Gasteiger partial charge on any atom is 0.515 e. The topological polar surface area (TPSA) is 101 Å². The quantitative estimate of drug-likeness (QED) is 0.550. The number of aromatic nitrogens is 1. The maximum absolute atomic E-state index is 12.8. The molecule has 1 amide bonds. The summed E-state index contributed by atoms with van der Waals surface area (Å²) in [4.78, 5) is 24.1. The van der Waals surface area contributed by atoms with Crippen molar-refractivity contribution in [3.63, 3.8) is 0 Å². The number of carbonyl (C=O) groups is 1. The minimum atomic E-state index is -5.61. The van der Waals surface area contributed by atoms with Crippen molar-refractivity contribution in [2.24, 2.45) is 0 Å². The van der Waals surface area contributed by atoms with Gasteiger partial charge in [0.1, 0.15) is 0 Å². The largest absolute Gasteiger partial charge is 0.515 e. The van der Waals surface area contributed by atoms with Crippen LogP contribution in [0.25, 0.3) is 29.5 Å². The summed E-state index contributed by atoms with van der Waals surface area (Å²) >= 11 is 0. The molecular weight excluding hydrogens is 411 g/mol. The van der Waals surface area contributed by atoms with Gasteiger partial charge in [0.25, 0.3) is 5.56 Å². The number of fused-ring (bicyclic) bond motifs is 1. The van der Waals surface area contributed by atoms with E-state index in [2.05, 4.69) is 29.3 Å². The monoisotopic (exact) mass is 427 g/mol. The number of nitrogens with one attached hydrogen (secondary N) is 2. The molecule has 2 rings (SSSR count). The third-order valence-electron chi connectivity index (χ3n) is 3.89. The lowest BCUT2D eigenvalue weighted by Crippen LogP contribution is -2.49. The van der Waals surface area contributed by atoms with Crippen LogP contribution in [-0.2, 0) is 14.8 Å². The Kier molecular flexibility index (Phi) is 5.74. The van der Waals surface area contributed by atoms with Crippen LogP contribution in [0.2, 0.25) is 0 Å². The van der Waals surface area contributed by atoms with Crippen LogP contribution in [-0.4, -0.2) is 27.4 Å². The molecule has 1 atom stereocenters. The zero-order chi connectivity index (χ0) is 22.1. The second kappa shape index (κ2) is 7.59. The second-order valence-electron chi connectivity index (χ2n) is 5.75. The predicted octanol–water partition coefficient (Wildman–Crippen LogP) is 1.05. The molecule has 154 valence electrons. The molecule has 0 saturated heterocycles. The summed E-state index contributed by atoms with van der Waals surface area (Å²) < 4.78 is 61.0. The fraction of sp³-hybridized carbons (Fsp3) is 0.111. The molecule has 1 unspecified atom stereocenters. The first-order valence-electron chi connectivity index (χ1n) is 7.81. The Labute approximate surface area is 163 Å². The Morgan fingerprint density at radius 2 is 1.93 bits per heavy atom. The smallest absolute Gasteiger partial charge is 0.356 e. The fourth-order valence-corrected chi connectivity index (χ4v) is 2.85. The first kappa shape index (κ1) is 22.0. The van der Waals surface area contributed by atoms with Crippen molar-refractivity contribution in [3.8, 4) is 0 Å². The van der Waals surface area contributed by atoms with Crippen molar-refractivity contribution < 1.29 is 26.5 Å². The molecule has 0 fully saturated rings. The van der Waals surface area contributed by atoms with Crippen LogP contribution < -0.4 is 25.7 Å². The molecule has 2 N–H and O–H groups in total. The molecule has 2 aromatic rings. The van der Waals surface area contributed by atoms with Crippen LogP contribution in [0.4, 0.5) is 13.2 Å². The third-order valence-corrected chi connectivity index (χ3v) is 4.86. The van der Waals surface area contributed by atoms with Crippen LogP contribution in [0.3, 0.4) is 0 Å². The number of rotatable bonds is 5. The van der Waals surface area contributed by atoms with Crippen LogP contribution in [0.1, 0.15) is 5.56 Å². The fourth-order valence-electron chi connectivity index (χ4n) is 2.40. The number of amides is 1. The van der Waals surface area contributed by atoms with Crippen LogP contribution in [0.15, 0.2) is 41.7 Å². The lowest BCUT2D eigenvalue weighted by molar-refractivity contribution is -0.116. The lowest BCUT2D eigenvalue weighted by atomic mass is 9.98. The van der Waals surface area contributed by atoms with Gasteiger partial charge in [-0.25, -0.2) is 4.78 Å². The molecule has 0 saturated carbocycles. The summed E-state index contributed by atoms with van der Waals surface area (Å²) in [5, 5.41) is 2.07. The predicted molar refractivity (Wildman–Crippen MR) is 104 cm³/mol. The van der Waals surface area contributed by atoms with Gasteiger partial charge in [0.05, 0.1) is 10.7 Å². The highest BCUT2D eigenvalue weighted by atomic mass is 32.2. The van der Waals surface area contributed by atoms with E-state index in [0.717, 1.165) is 0 Å². The number of alkyl halides is 3. The normalized spacial score (nSPS) is 13.9. The van der Waals surface area contributed by atoms with Gasteiger partial charge in [0.2, 0.25) is 5.91 Å². The number of allylic oxidation sites excluding steroid dienone is 2. The molecule has 1 aromatic heterocycles. The van der Waals surface area contributed by atoms with E-state index >= 15 is 0 Å². The molecule has 0 aliphatic carbocycles. The Bertz CT molecular complexity index is 1310. The first-order chi connectivity index (χ1) is 13.3. The number of benzene rings is 1. The number of likely N-dealkylation sites (N-methyl/N-ethyl adjacent to an activating group) is 1. The van der Waals surface area contributed by atoms with Crippen LogP contribution in [0, 0.1) is 4.78 Å². The SMILES string of the molecule is C=C(/C=C/C(=O)NC)c1cccc2c(=O)n(OS(=N)(=O)C(F)(F)F)c(=C)c(=C)c12. The van der Waals surface area contributed by atoms with Gasteiger partial charge in [-0.3, -0.25) is 13.9 Å². The second-order valence-corrected chi connectivity index (χ2v) is 7.37. The number of nitrogens with zero attached hydrogens (tertiary/aromatic N) is 1. The van der Waals surface area contributed by atoms with Crippen LogP contribution >= 0.6 is 0 Å². The van der Waals surface area contributed by atoms with Gasteiger partial charge in [-0.15, -0.1) is 4.73 Å². The number of carbonyl (C=O) groups excluding carboxylic acids is 1. The molecule has 0 aliphatic heterocycles. The number of pyridine rings is 1. The van der Waals surface area contributed by atoms with Crippen molar-refractivity contribution in [2.45, 2.75) is 5.51 Å². The van der Waals surface area contributed by atoms with E-state index in [1.807, 2.05) is 0 Å². The molecular formula is C18H16F3N3O4S. The van der Waals surface area contributed by atoms with Gasteiger partial charge in [0, 0.05) is 23.7 Å². The van der Waals surface area contributed by atoms with Crippen molar-refractivity contribution in [1.82, 2.24) is 10.0 Å². The molecule has 11 heteroatoms. The van der Waals surface area contributed by atoms with Crippen molar-refractivity contribution in [1.29, 1.82) is 4.78 Å². The van der Waals surface area contributed by atoms with Crippen LogP contribution in [0.5, 0.6) is 0 Å². The van der Waals surface area contributed by atoms with Gasteiger partial charge in [0.15, 0.2) is 0 Å². The zero-order valence-corrected chi connectivity index (χ0v) is 15.9. The summed E-state index contributed by atoms with van der Waals surface area (Å²) in [6, 6.07) is 4.30. The third kappa shape index (κ3) is 4.09. The van der Waals surface area contributed by atoms with Gasteiger partial charge < -0.3 is 5.32 Å². The molecule has 29 heavy (non-hydrogen) atoms. The molecule has 7 nitrogen and oxygen atoms in total. The Hall–Kier alpha value is -3.34. The van der Waals surface area contributed by atoms with E-state index in [1.165, 1.54) is 31.3 Å². The van der Waals surface area contributed by atoms with E-state index in [1.54, 1.807) is 6.07 Å². The van der Waals surface area contributed by atoms with Crippen molar-refractivity contribution >= 4 is 45.4 Å². The van der Waals surface area contributed by atoms with Gasteiger partial charge >= 0.3 is 15.5 Å². The Balaban J connectivity index is 2.77. The number of hydrogen-bond acceptors (Lipinski definition) is 5. The standard InChI is InChI=1S/C18H16F3N3O4S/c1-10(8-9-15(25)23-4)13-6-5-7-14-16(13)11(2)12(3)24(17(14)26)28-29(22,27)18(19,20)21/h5-9,22H,1-3H2,4H3,(H,23,25)/b9-8+. The minimum Gasteiger partial charge on any atom is -0.356 e. The highest BCUT2D eigenvalue weighted by Crippen LogP contribution is 2.23. The highest BCUT2D eigenvalue weighted by molar-refractivity contribution is 7.88. The summed E-state index contributed by atoms with van der Waals surface area (Å²) in [5.74, 6) is -0.396. The molecule has 0 radical (unpaired) electrons. The van der Waals surface area contributed by atoms with E-state index in [0.29, 0.717) is 11.1 Å². The van der Waals surface area contributed by atoms with Gasteiger partial charge in [-0.2, -0.15) is 17.4 Å². The maximum atomic E-state index is 12.8. The summed E-state index contributed by atoms with van der Waals surface area (Å²) in [7, 11) is -4.17. The van der Waals surface area contributed by atoms with E-state index < -0.39 is 32.3 Å². The highest BCUT2D eigenvalue weighted by Gasteiger charge is 2.45. The van der Waals surface area contributed by atoms with Gasteiger partial charge in [-0.1, -0.05) is 31.9 Å². The van der Waals surface area contributed by atoms with E-state index in [4.69, 9.17) is 4.78 Å². The lowest BCUT2D eigenvalue weighted by Gasteiger charge is -2.15. The number of hydrogen-bond donors (Lipinski definition) is 2. The van der Waals surface area contributed by atoms with Crippen molar-refractivity contribution in [3.05, 3.63) is 63.4 Å². The van der Waals surface area contributed by atoms with E-state index in [9.17, 15) is 27.0 Å². The first-order valence-corrected chi connectivity index (χ1v) is 9.30. The number of halogens is 3. The van der Waals surface area contributed by atoms with Crippen molar-refractivity contribution in [2.75, 3.05) is 7.05 Å². The molecule has 0 bridgehead atoms. The summed E-state index contributed by atoms with van der Waals surface area (Å²) in [5.41, 5.74) is -5.92. The molecule has 0 aliphatic rings. The average molecular weight is 427 g/mol. The summed E-state index contributed by atoms with van der Waals surface area (Å²) in [6.07, 6.45) is 2.59. The zero-order valence-electron chi connectivity index (χ0n) is 15.1. The average Bonchev–Trinajstić information content (AvgIpc) is 2.65. The van der Waals surface area contributed by atoms with E-state index in [-0.39, 0.29) is 20.7 Å². The van der Waals surface area contributed by atoms with Gasteiger partial charge in [-0.05, 0) is 23.3 Å². The molecule has 1 heterocycles. The molecule has 1 aromatic carbocycles. The molecule has 0 spiro atoms. The summed E-state index contributed by atoms with van der Waals surface area (Å²) in [6.45, 7) is 11.0.